The molecule has 0 saturated heterocycles. The van der Waals surface area contributed by atoms with Gasteiger partial charge in [-0.1, -0.05) is 12.1 Å². The smallest absolute Gasteiger partial charge is 0.335 e. The Morgan fingerprint density at radius 2 is 1.37 bits per heavy atom. The van der Waals surface area contributed by atoms with Crippen molar-refractivity contribution in [3.8, 4) is 11.5 Å². The van der Waals surface area contributed by atoms with Gasteiger partial charge in [0.2, 0.25) is 0 Å². The first-order valence-corrected chi connectivity index (χ1v) is 5.53. The fourth-order valence-corrected chi connectivity index (χ4v) is 1.51. The summed E-state index contributed by atoms with van der Waals surface area (Å²) >= 11 is 0. The van der Waals surface area contributed by atoms with Gasteiger partial charge in [-0.25, -0.2) is 4.79 Å². The normalized spacial score (nSPS) is 10.5. The SMILES string of the molecule is O=C(O)c1ccc(Oc2ccc(C(O)O)cc2)cc1. The molecule has 0 saturated carbocycles. The summed E-state index contributed by atoms with van der Waals surface area (Å²) in [5.41, 5.74) is 0.555. The first-order valence-electron chi connectivity index (χ1n) is 5.53. The third-order valence-corrected chi connectivity index (χ3v) is 2.52. The van der Waals surface area contributed by atoms with Crippen LogP contribution < -0.4 is 4.74 Å². The third kappa shape index (κ3) is 3.31. The molecule has 0 aliphatic carbocycles. The first-order chi connectivity index (χ1) is 9.06. The van der Waals surface area contributed by atoms with Gasteiger partial charge in [0.25, 0.3) is 0 Å². The molecule has 0 amide bonds. The molecular formula is C14H12O5. The average Bonchev–Trinajstić information content (AvgIpc) is 2.40. The third-order valence-electron chi connectivity index (χ3n) is 2.52. The topological polar surface area (TPSA) is 87.0 Å². The van der Waals surface area contributed by atoms with Crippen LogP contribution in [0.25, 0.3) is 0 Å². The van der Waals surface area contributed by atoms with Crippen LogP contribution in [0.2, 0.25) is 0 Å². The number of aromatic carboxylic acids is 1. The van der Waals surface area contributed by atoms with Gasteiger partial charge in [-0.15, -0.1) is 0 Å². The lowest BCUT2D eigenvalue weighted by Crippen LogP contribution is -1.96. The molecule has 0 aliphatic rings. The highest BCUT2D eigenvalue weighted by Gasteiger charge is 2.04. The molecule has 2 rings (SSSR count). The predicted octanol–water partition coefficient (Wildman–Crippen LogP) is 2.16. The van der Waals surface area contributed by atoms with Gasteiger partial charge >= 0.3 is 5.97 Å². The first kappa shape index (κ1) is 13.1. The van der Waals surface area contributed by atoms with E-state index in [0.29, 0.717) is 17.1 Å². The van der Waals surface area contributed by atoms with Crippen molar-refractivity contribution in [2.75, 3.05) is 0 Å². The summed E-state index contributed by atoms with van der Waals surface area (Å²) in [6.07, 6.45) is -1.51. The number of rotatable bonds is 4. The van der Waals surface area contributed by atoms with Crippen LogP contribution in [0.5, 0.6) is 11.5 Å². The molecule has 2 aromatic rings. The van der Waals surface area contributed by atoms with E-state index in [0.717, 1.165) is 0 Å². The van der Waals surface area contributed by atoms with Gasteiger partial charge in [0.05, 0.1) is 5.56 Å². The monoisotopic (exact) mass is 260 g/mol. The molecule has 5 heteroatoms. The fraction of sp³-hybridized carbons (Fsp3) is 0.0714. The average molecular weight is 260 g/mol. The molecule has 3 N–H and O–H groups in total. The molecule has 2 aromatic carbocycles. The van der Waals surface area contributed by atoms with Gasteiger partial charge < -0.3 is 20.1 Å². The van der Waals surface area contributed by atoms with Crippen molar-refractivity contribution < 1.29 is 24.9 Å². The van der Waals surface area contributed by atoms with Crippen LogP contribution in [0.3, 0.4) is 0 Å². The molecule has 0 aromatic heterocycles. The second kappa shape index (κ2) is 5.51. The van der Waals surface area contributed by atoms with Crippen LogP contribution in [-0.2, 0) is 0 Å². The molecule has 19 heavy (non-hydrogen) atoms. The van der Waals surface area contributed by atoms with Crippen LogP contribution in [0.15, 0.2) is 48.5 Å². The van der Waals surface area contributed by atoms with E-state index >= 15 is 0 Å². The number of aliphatic hydroxyl groups excluding tert-OH is 1. The Morgan fingerprint density at radius 1 is 0.895 bits per heavy atom. The number of carbonyl (C=O) groups is 1. The summed E-state index contributed by atoms with van der Waals surface area (Å²) in [6.45, 7) is 0. The van der Waals surface area contributed by atoms with Gasteiger partial charge in [0.1, 0.15) is 11.5 Å². The van der Waals surface area contributed by atoms with Gasteiger partial charge in [0.15, 0.2) is 6.29 Å². The Labute approximate surface area is 109 Å². The van der Waals surface area contributed by atoms with Gasteiger partial charge in [-0.05, 0) is 36.4 Å². The molecule has 98 valence electrons. The molecule has 0 fully saturated rings. The van der Waals surface area contributed by atoms with E-state index in [1.807, 2.05) is 0 Å². The lowest BCUT2D eigenvalue weighted by Gasteiger charge is -2.08. The molecule has 0 spiro atoms. The predicted molar refractivity (Wildman–Crippen MR) is 67.1 cm³/mol. The van der Waals surface area contributed by atoms with Crippen molar-refractivity contribution >= 4 is 5.97 Å². The maximum absolute atomic E-state index is 10.7. The van der Waals surface area contributed by atoms with Gasteiger partial charge in [-0.3, -0.25) is 0 Å². The molecule has 0 radical (unpaired) electrons. The number of benzene rings is 2. The number of hydrogen-bond donors (Lipinski definition) is 3. The van der Waals surface area contributed by atoms with E-state index in [2.05, 4.69) is 0 Å². The van der Waals surface area contributed by atoms with Crippen molar-refractivity contribution in [1.82, 2.24) is 0 Å². The Bertz CT molecular complexity index is 557. The van der Waals surface area contributed by atoms with E-state index in [1.54, 1.807) is 24.3 Å². The van der Waals surface area contributed by atoms with E-state index in [-0.39, 0.29) is 5.56 Å². The number of ether oxygens (including phenoxy) is 1. The maximum Gasteiger partial charge on any atom is 0.335 e. The largest absolute Gasteiger partial charge is 0.478 e. The standard InChI is InChI=1S/C14H12O5/c15-13(16)9-1-5-11(6-2-9)19-12-7-3-10(4-8-12)14(17)18/h1-8,13,15-16H,(H,17,18). The second-order valence-corrected chi connectivity index (χ2v) is 3.87. The molecule has 0 atom stereocenters. The molecule has 0 bridgehead atoms. The van der Waals surface area contributed by atoms with Gasteiger partial charge in [-0.2, -0.15) is 0 Å². The molecule has 0 aliphatic heterocycles. The Hall–Kier alpha value is -2.37. The Morgan fingerprint density at radius 3 is 1.79 bits per heavy atom. The van der Waals surface area contributed by atoms with E-state index in [4.69, 9.17) is 20.1 Å². The Balaban J connectivity index is 2.10. The minimum atomic E-state index is -1.51. The zero-order chi connectivity index (χ0) is 13.8. The fourth-order valence-electron chi connectivity index (χ4n) is 1.51. The van der Waals surface area contributed by atoms with Crippen molar-refractivity contribution in [3.05, 3.63) is 59.7 Å². The highest BCUT2D eigenvalue weighted by molar-refractivity contribution is 5.87. The van der Waals surface area contributed by atoms with E-state index in [9.17, 15) is 4.79 Å². The van der Waals surface area contributed by atoms with Crippen LogP contribution in [0.4, 0.5) is 0 Å². The lowest BCUT2D eigenvalue weighted by molar-refractivity contribution is -0.0425. The zero-order valence-electron chi connectivity index (χ0n) is 9.85. The summed E-state index contributed by atoms with van der Waals surface area (Å²) in [5.74, 6) is 0.0302. The highest BCUT2D eigenvalue weighted by atomic mass is 16.5. The number of hydrogen-bond acceptors (Lipinski definition) is 4. The Kier molecular flexibility index (Phi) is 3.79. The number of carboxylic acids is 1. The summed E-state index contributed by atoms with van der Waals surface area (Å²) in [5, 5.41) is 26.7. The van der Waals surface area contributed by atoms with Crippen LogP contribution in [0.1, 0.15) is 22.2 Å². The van der Waals surface area contributed by atoms with E-state index in [1.165, 1.54) is 24.3 Å². The molecular weight excluding hydrogens is 248 g/mol. The van der Waals surface area contributed by atoms with Crippen molar-refractivity contribution in [3.63, 3.8) is 0 Å². The number of carboxylic acid groups (broad SMARTS) is 1. The van der Waals surface area contributed by atoms with Crippen LogP contribution in [-0.4, -0.2) is 21.3 Å². The maximum atomic E-state index is 10.7. The lowest BCUT2D eigenvalue weighted by atomic mass is 10.2. The van der Waals surface area contributed by atoms with Crippen LogP contribution in [0, 0.1) is 0 Å². The summed E-state index contributed by atoms with van der Waals surface area (Å²) in [4.78, 5) is 10.7. The van der Waals surface area contributed by atoms with Crippen LogP contribution >= 0.6 is 0 Å². The van der Waals surface area contributed by atoms with Crippen molar-refractivity contribution in [2.45, 2.75) is 6.29 Å². The molecule has 5 nitrogen and oxygen atoms in total. The second-order valence-electron chi connectivity index (χ2n) is 3.87. The van der Waals surface area contributed by atoms with Gasteiger partial charge in [0, 0.05) is 5.56 Å². The summed E-state index contributed by atoms with van der Waals surface area (Å²) < 4.78 is 5.49. The summed E-state index contributed by atoms with van der Waals surface area (Å²) in [7, 11) is 0. The molecule has 0 unspecified atom stereocenters. The molecule has 0 heterocycles. The minimum Gasteiger partial charge on any atom is -0.478 e. The quantitative estimate of drug-likeness (QED) is 0.733. The zero-order valence-corrected chi connectivity index (χ0v) is 9.85. The van der Waals surface area contributed by atoms with E-state index < -0.39 is 12.3 Å². The van der Waals surface area contributed by atoms with Crippen molar-refractivity contribution in [2.24, 2.45) is 0 Å². The van der Waals surface area contributed by atoms with Crippen molar-refractivity contribution in [1.29, 1.82) is 0 Å². The number of aliphatic hydroxyl groups is 2. The summed E-state index contributed by atoms with van der Waals surface area (Å²) in [6, 6.07) is 12.3. The minimum absolute atomic E-state index is 0.186. The highest BCUT2D eigenvalue weighted by Crippen LogP contribution is 2.23.